The molecule has 2 heterocycles. The van der Waals surface area contributed by atoms with Crippen LogP contribution in [0.5, 0.6) is 0 Å². The summed E-state index contributed by atoms with van der Waals surface area (Å²) in [5.41, 5.74) is -0.149. The highest BCUT2D eigenvalue weighted by Gasteiger charge is 2.44. The average molecular weight is 283 g/mol. The van der Waals surface area contributed by atoms with Crippen molar-refractivity contribution in [2.45, 2.75) is 56.7 Å². The smallest absolute Gasteiger partial charge is 0.429 e. The van der Waals surface area contributed by atoms with Crippen LogP contribution in [0, 0.1) is 0 Å². The van der Waals surface area contributed by atoms with Gasteiger partial charge in [0, 0.05) is 25.9 Å². The van der Waals surface area contributed by atoms with E-state index < -0.39 is 18.0 Å². The second kappa shape index (κ2) is 5.05. The molecule has 2 atom stereocenters. The molecule has 0 aromatic heterocycles. The Labute approximate surface area is 116 Å². The summed E-state index contributed by atoms with van der Waals surface area (Å²) in [5, 5.41) is 0.499. The Morgan fingerprint density at radius 1 is 1.25 bits per heavy atom. The van der Waals surface area contributed by atoms with Crippen molar-refractivity contribution in [3.63, 3.8) is 0 Å². The third-order valence-corrected chi connectivity index (χ3v) is 4.14. The summed E-state index contributed by atoms with van der Waals surface area (Å²) in [6.45, 7) is 0.758. The summed E-state index contributed by atoms with van der Waals surface area (Å²) < 4.78 is 10.9. The Balaban J connectivity index is 1.50. The predicted molar refractivity (Wildman–Crippen MR) is 64.2 cm³/mol. The van der Waals surface area contributed by atoms with E-state index >= 15 is 0 Å². The molecule has 2 amide bonds. The number of hydroxylamine groups is 2. The molecular formula is C13H17NO6. The Bertz CT molecular complexity index is 426. The number of carbonyl (C=O) groups is 3. The van der Waals surface area contributed by atoms with Gasteiger partial charge in [0.25, 0.3) is 11.8 Å². The van der Waals surface area contributed by atoms with E-state index in [0.717, 1.165) is 32.3 Å². The van der Waals surface area contributed by atoms with E-state index in [4.69, 9.17) is 9.47 Å². The first kappa shape index (κ1) is 13.4. The van der Waals surface area contributed by atoms with Gasteiger partial charge in [-0.1, -0.05) is 5.06 Å². The fourth-order valence-corrected chi connectivity index (χ4v) is 3.15. The van der Waals surface area contributed by atoms with Gasteiger partial charge in [0.1, 0.15) is 6.10 Å². The number of amides is 2. The van der Waals surface area contributed by atoms with Gasteiger partial charge in [0.15, 0.2) is 0 Å². The lowest BCUT2D eigenvalue weighted by Crippen LogP contribution is -2.33. The molecule has 110 valence electrons. The maximum absolute atomic E-state index is 11.6. The highest BCUT2D eigenvalue weighted by atomic mass is 16.8. The fraction of sp³-hybridized carbons (Fsp3) is 0.769. The van der Waals surface area contributed by atoms with Crippen LogP contribution in [0.4, 0.5) is 4.79 Å². The zero-order chi connectivity index (χ0) is 14.2. The monoisotopic (exact) mass is 283 g/mol. The van der Waals surface area contributed by atoms with Crippen LogP contribution in [-0.2, 0) is 23.9 Å². The zero-order valence-corrected chi connectivity index (χ0v) is 11.1. The van der Waals surface area contributed by atoms with Gasteiger partial charge in [-0.3, -0.25) is 14.4 Å². The molecule has 7 nitrogen and oxygen atoms in total. The van der Waals surface area contributed by atoms with Crippen molar-refractivity contribution >= 4 is 18.0 Å². The first-order valence-electron chi connectivity index (χ1n) is 6.96. The number of ether oxygens (including phenoxy) is 2. The number of hydrogen-bond donors (Lipinski definition) is 0. The third kappa shape index (κ3) is 2.49. The van der Waals surface area contributed by atoms with Gasteiger partial charge in [-0.15, -0.1) is 0 Å². The van der Waals surface area contributed by atoms with Crippen LogP contribution in [0.15, 0.2) is 0 Å². The summed E-state index contributed by atoms with van der Waals surface area (Å²) in [6, 6.07) is 0. The SMILES string of the molecule is O=C(OC1CCC2(CCCO2)C1)ON1C(=O)CCC1=O. The van der Waals surface area contributed by atoms with E-state index in [1.165, 1.54) is 0 Å². The molecule has 3 aliphatic rings. The Morgan fingerprint density at radius 2 is 2.00 bits per heavy atom. The first-order valence-corrected chi connectivity index (χ1v) is 6.96. The van der Waals surface area contributed by atoms with Crippen molar-refractivity contribution in [2.75, 3.05) is 6.61 Å². The summed E-state index contributed by atoms with van der Waals surface area (Å²) in [4.78, 5) is 38.9. The molecule has 0 bridgehead atoms. The molecule has 0 aromatic carbocycles. The molecule has 3 rings (SSSR count). The van der Waals surface area contributed by atoms with Crippen LogP contribution < -0.4 is 0 Å². The van der Waals surface area contributed by atoms with E-state index in [9.17, 15) is 14.4 Å². The molecule has 2 saturated heterocycles. The maximum Gasteiger partial charge on any atom is 0.534 e. The van der Waals surface area contributed by atoms with Crippen LogP contribution in [-0.4, -0.2) is 41.3 Å². The van der Waals surface area contributed by atoms with Gasteiger partial charge in [-0.2, -0.15) is 0 Å². The second-order valence-corrected chi connectivity index (χ2v) is 5.54. The minimum Gasteiger partial charge on any atom is -0.429 e. The molecule has 1 aliphatic carbocycles. The molecule has 0 radical (unpaired) electrons. The number of nitrogens with zero attached hydrogens (tertiary/aromatic N) is 1. The van der Waals surface area contributed by atoms with Crippen molar-refractivity contribution in [1.29, 1.82) is 0 Å². The summed E-state index contributed by atoms with van der Waals surface area (Å²) in [6.07, 6.45) is 3.16. The molecule has 3 fully saturated rings. The van der Waals surface area contributed by atoms with Crippen LogP contribution in [0.2, 0.25) is 0 Å². The number of carbonyl (C=O) groups excluding carboxylic acids is 3. The lowest BCUT2D eigenvalue weighted by Gasteiger charge is -2.22. The normalized spacial score (nSPS) is 33.2. The molecule has 7 heteroatoms. The first-order chi connectivity index (χ1) is 9.58. The van der Waals surface area contributed by atoms with E-state index in [1.807, 2.05) is 0 Å². The highest BCUT2D eigenvalue weighted by molar-refractivity contribution is 6.01. The van der Waals surface area contributed by atoms with Crippen molar-refractivity contribution in [1.82, 2.24) is 5.06 Å². The third-order valence-electron chi connectivity index (χ3n) is 4.14. The second-order valence-electron chi connectivity index (χ2n) is 5.54. The van der Waals surface area contributed by atoms with E-state index in [-0.39, 0.29) is 24.5 Å². The molecule has 2 aliphatic heterocycles. The van der Waals surface area contributed by atoms with Crippen LogP contribution in [0.25, 0.3) is 0 Å². The lowest BCUT2D eigenvalue weighted by atomic mass is 9.99. The topological polar surface area (TPSA) is 82.1 Å². The molecule has 1 spiro atoms. The van der Waals surface area contributed by atoms with Crippen LogP contribution >= 0.6 is 0 Å². The van der Waals surface area contributed by atoms with Crippen molar-refractivity contribution in [3.8, 4) is 0 Å². The largest absolute Gasteiger partial charge is 0.534 e. The fourth-order valence-electron chi connectivity index (χ4n) is 3.15. The Hall–Kier alpha value is -1.63. The quantitative estimate of drug-likeness (QED) is 0.561. The number of rotatable bonds is 2. The molecule has 0 N–H and O–H groups in total. The molecule has 2 unspecified atom stereocenters. The van der Waals surface area contributed by atoms with Gasteiger partial charge >= 0.3 is 6.16 Å². The van der Waals surface area contributed by atoms with Crippen LogP contribution in [0.3, 0.4) is 0 Å². The van der Waals surface area contributed by atoms with Crippen molar-refractivity contribution in [3.05, 3.63) is 0 Å². The minimum absolute atomic E-state index is 0.0759. The van der Waals surface area contributed by atoms with E-state index in [1.54, 1.807) is 0 Å². The van der Waals surface area contributed by atoms with Gasteiger partial charge in [0.2, 0.25) is 0 Å². The standard InChI is InChI=1S/C13H17NO6/c15-10-2-3-11(16)14(10)20-12(17)19-9-4-6-13(8-9)5-1-7-18-13/h9H,1-8H2. The summed E-state index contributed by atoms with van der Waals surface area (Å²) >= 11 is 0. The van der Waals surface area contributed by atoms with E-state index in [0.29, 0.717) is 11.5 Å². The average Bonchev–Trinajstić information content (AvgIpc) is 3.10. The van der Waals surface area contributed by atoms with Crippen LogP contribution in [0.1, 0.15) is 44.9 Å². The predicted octanol–water partition coefficient (Wildman–Crippen LogP) is 1.31. The summed E-state index contributed by atoms with van der Waals surface area (Å²) in [7, 11) is 0. The zero-order valence-electron chi connectivity index (χ0n) is 11.1. The molecular weight excluding hydrogens is 266 g/mol. The Kier molecular flexibility index (Phi) is 3.37. The summed E-state index contributed by atoms with van der Waals surface area (Å²) in [5.74, 6) is -1.01. The highest BCUT2D eigenvalue weighted by Crippen LogP contribution is 2.42. The maximum atomic E-state index is 11.6. The van der Waals surface area contributed by atoms with Crippen molar-refractivity contribution in [2.24, 2.45) is 0 Å². The van der Waals surface area contributed by atoms with Gasteiger partial charge in [-0.25, -0.2) is 4.79 Å². The van der Waals surface area contributed by atoms with Gasteiger partial charge in [-0.05, 0) is 25.7 Å². The van der Waals surface area contributed by atoms with E-state index in [2.05, 4.69) is 4.84 Å². The Morgan fingerprint density at radius 3 is 2.65 bits per heavy atom. The molecule has 20 heavy (non-hydrogen) atoms. The van der Waals surface area contributed by atoms with Crippen molar-refractivity contribution < 1.29 is 28.7 Å². The van der Waals surface area contributed by atoms with Gasteiger partial charge < -0.3 is 9.47 Å². The lowest BCUT2D eigenvalue weighted by molar-refractivity contribution is -0.178. The number of hydrogen-bond acceptors (Lipinski definition) is 6. The van der Waals surface area contributed by atoms with Gasteiger partial charge in [0.05, 0.1) is 5.60 Å². The number of imide groups is 1. The minimum atomic E-state index is -0.992. The molecule has 0 aromatic rings. The molecule has 1 saturated carbocycles.